The van der Waals surface area contributed by atoms with E-state index in [1.54, 1.807) is 17.4 Å². The van der Waals surface area contributed by atoms with E-state index in [0.29, 0.717) is 5.69 Å². The maximum atomic E-state index is 13.8. The molecule has 0 spiro atoms. The van der Waals surface area contributed by atoms with Gasteiger partial charge in [-0.3, -0.25) is 0 Å². The van der Waals surface area contributed by atoms with Gasteiger partial charge in [-0.1, -0.05) is 6.07 Å². The summed E-state index contributed by atoms with van der Waals surface area (Å²) in [5.41, 5.74) is 2.45. The third kappa shape index (κ3) is 2.70. The molecule has 2 rings (SSSR count). The van der Waals surface area contributed by atoms with Gasteiger partial charge in [0.15, 0.2) is 0 Å². The van der Waals surface area contributed by atoms with Crippen LogP contribution in [0.2, 0.25) is 0 Å². The molecule has 0 amide bonds. The van der Waals surface area contributed by atoms with Gasteiger partial charge in [0.05, 0.1) is 22.4 Å². The first-order valence-corrected chi connectivity index (χ1v) is 6.75. The normalized spacial score (nSPS) is 12.5. The van der Waals surface area contributed by atoms with Crippen molar-refractivity contribution in [2.45, 2.75) is 33.7 Å². The van der Waals surface area contributed by atoms with Crippen molar-refractivity contribution in [3.63, 3.8) is 0 Å². The van der Waals surface area contributed by atoms with Crippen LogP contribution in [0.25, 0.3) is 0 Å². The lowest BCUT2D eigenvalue weighted by Crippen LogP contribution is -2.09. The summed E-state index contributed by atoms with van der Waals surface area (Å²) in [6.07, 6.45) is 0. The molecular formula is C14H17FN2S. The van der Waals surface area contributed by atoms with Crippen molar-refractivity contribution in [1.82, 2.24) is 4.98 Å². The molecule has 1 heterocycles. The predicted octanol–water partition coefficient (Wildman–Crippen LogP) is 4.38. The third-order valence-corrected chi connectivity index (χ3v) is 3.75. The summed E-state index contributed by atoms with van der Waals surface area (Å²) in [6, 6.07) is 5.22. The number of aryl methyl sites for hydroxylation is 3. The van der Waals surface area contributed by atoms with Crippen LogP contribution >= 0.6 is 11.3 Å². The molecule has 1 aromatic heterocycles. The fraction of sp³-hybridized carbons (Fsp3) is 0.357. The van der Waals surface area contributed by atoms with Crippen LogP contribution in [0.3, 0.4) is 0 Å². The lowest BCUT2D eigenvalue weighted by molar-refractivity contribution is 0.625. The Morgan fingerprint density at radius 2 is 2.00 bits per heavy atom. The van der Waals surface area contributed by atoms with Gasteiger partial charge in [-0.15, -0.1) is 11.3 Å². The fourth-order valence-corrected chi connectivity index (χ4v) is 2.90. The summed E-state index contributed by atoms with van der Waals surface area (Å²) < 4.78 is 13.8. The third-order valence-electron chi connectivity index (χ3n) is 2.85. The Bertz CT molecular complexity index is 563. The van der Waals surface area contributed by atoms with Crippen molar-refractivity contribution >= 4 is 17.0 Å². The maximum absolute atomic E-state index is 13.8. The molecular weight excluding hydrogens is 247 g/mol. The highest BCUT2D eigenvalue weighted by Gasteiger charge is 2.14. The van der Waals surface area contributed by atoms with E-state index < -0.39 is 0 Å². The number of nitrogens with zero attached hydrogens (tertiary/aromatic N) is 1. The molecule has 0 bridgehead atoms. The molecule has 0 aliphatic heterocycles. The van der Waals surface area contributed by atoms with E-state index in [1.807, 2.05) is 33.8 Å². The van der Waals surface area contributed by atoms with Gasteiger partial charge in [-0.2, -0.15) is 0 Å². The maximum Gasteiger partial charge on any atom is 0.146 e. The molecule has 18 heavy (non-hydrogen) atoms. The highest BCUT2D eigenvalue weighted by Crippen LogP contribution is 2.26. The van der Waals surface area contributed by atoms with E-state index in [4.69, 9.17) is 0 Å². The minimum atomic E-state index is -0.216. The Balaban J connectivity index is 2.21. The highest BCUT2D eigenvalue weighted by atomic mass is 32.1. The molecule has 2 aromatic rings. The van der Waals surface area contributed by atoms with E-state index in [-0.39, 0.29) is 11.9 Å². The molecule has 0 aliphatic rings. The van der Waals surface area contributed by atoms with Gasteiger partial charge in [0.2, 0.25) is 0 Å². The van der Waals surface area contributed by atoms with Gasteiger partial charge >= 0.3 is 0 Å². The first kappa shape index (κ1) is 13.0. The van der Waals surface area contributed by atoms with Crippen LogP contribution < -0.4 is 5.32 Å². The first-order chi connectivity index (χ1) is 8.47. The van der Waals surface area contributed by atoms with Gasteiger partial charge in [0, 0.05) is 4.88 Å². The summed E-state index contributed by atoms with van der Waals surface area (Å²) in [4.78, 5) is 5.67. The molecule has 2 nitrogen and oxygen atoms in total. The monoisotopic (exact) mass is 264 g/mol. The molecule has 1 unspecified atom stereocenters. The summed E-state index contributed by atoms with van der Waals surface area (Å²) in [7, 11) is 0. The molecule has 4 heteroatoms. The second-order valence-corrected chi connectivity index (χ2v) is 5.93. The van der Waals surface area contributed by atoms with E-state index >= 15 is 0 Å². The number of rotatable bonds is 3. The van der Waals surface area contributed by atoms with Crippen molar-refractivity contribution in [3.05, 3.63) is 45.2 Å². The second kappa shape index (κ2) is 5.06. The zero-order valence-corrected chi connectivity index (χ0v) is 11.9. The highest BCUT2D eigenvalue weighted by molar-refractivity contribution is 7.11. The Kier molecular flexibility index (Phi) is 3.66. The number of benzene rings is 1. The van der Waals surface area contributed by atoms with Crippen LogP contribution in [0.4, 0.5) is 10.1 Å². The van der Waals surface area contributed by atoms with Crippen molar-refractivity contribution in [2.24, 2.45) is 0 Å². The van der Waals surface area contributed by atoms with Crippen molar-refractivity contribution in [3.8, 4) is 0 Å². The van der Waals surface area contributed by atoms with E-state index in [0.717, 1.165) is 16.3 Å². The summed E-state index contributed by atoms with van der Waals surface area (Å²) in [5, 5.41) is 4.22. The first-order valence-electron chi connectivity index (χ1n) is 5.94. The summed E-state index contributed by atoms with van der Waals surface area (Å²) >= 11 is 1.67. The summed E-state index contributed by atoms with van der Waals surface area (Å²) in [6.45, 7) is 7.91. The molecule has 1 atom stereocenters. The lowest BCUT2D eigenvalue weighted by Gasteiger charge is -2.15. The Morgan fingerprint density at radius 3 is 2.56 bits per heavy atom. The largest absolute Gasteiger partial charge is 0.375 e. The quantitative estimate of drug-likeness (QED) is 0.889. The second-order valence-electron chi connectivity index (χ2n) is 4.52. The molecule has 1 N–H and O–H groups in total. The van der Waals surface area contributed by atoms with Gasteiger partial charge < -0.3 is 5.32 Å². The van der Waals surface area contributed by atoms with Crippen LogP contribution in [0, 0.1) is 26.6 Å². The number of nitrogens with one attached hydrogen (secondary N) is 1. The zero-order valence-electron chi connectivity index (χ0n) is 11.0. The Hall–Kier alpha value is -1.42. The number of aromatic nitrogens is 1. The van der Waals surface area contributed by atoms with Crippen molar-refractivity contribution < 1.29 is 4.39 Å². The molecule has 96 valence electrons. The summed E-state index contributed by atoms with van der Waals surface area (Å²) in [5.74, 6) is -0.216. The standard InChI is InChI=1S/C14H17FN2S/c1-8-5-6-13(12(15)7-8)16-9(2)14-10(3)18-11(4)17-14/h5-7,9,16H,1-4H3. The SMILES string of the molecule is Cc1ccc(NC(C)c2nc(C)sc2C)c(F)c1. The number of anilines is 1. The van der Waals surface area contributed by atoms with Crippen LogP contribution in [-0.2, 0) is 0 Å². The molecule has 0 aliphatic carbocycles. The van der Waals surface area contributed by atoms with Crippen LogP contribution in [0.5, 0.6) is 0 Å². The average Bonchev–Trinajstić information content (AvgIpc) is 2.62. The molecule has 0 saturated carbocycles. The smallest absolute Gasteiger partial charge is 0.146 e. The minimum Gasteiger partial charge on any atom is -0.375 e. The van der Waals surface area contributed by atoms with Gasteiger partial charge in [0.1, 0.15) is 5.82 Å². The van der Waals surface area contributed by atoms with E-state index in [2.05, 4.69) is 10.3 Å². The Morgan fingerprint density at radius 1 is 1.28 bits per heavy atom. The minimum absolute atomic E-state index is 0.00663. The molecule has 1 aromatic carbocycles. The van der Waals surface area contributed by atoms with Gasteiger partial charge in [-0.25, -0.2) is 9.37 Å². The zero-order chi connectivity index (χ0) is 13.3. The molecule has 0 saturated heterocycles. The van der Waals surface area contributed by atoms with E-state index in [1.165, 1.54) is 10.9 Å². The van der Waals surface area contributed by atoms with Gasteiger partial charge in [0.25, 0.3) is 0 Å². The van der Waals surface area contributed by atoms with Crippen LogP contribution in [0.1, 0.15) is 34.1 Å². The number of hydrogen-bond acceptors (Lipinski definition) is 3. The topological polar surface area (TPSA) is 24.9 Å². The van der Waals surface area contributed by atoms with Crippen molar-refractivity contribution in [2.75, 3.05) is 5.32 Å². The van der Waals surface area contributed by atoms with Crippen molar-refractivity contribution in [1.29, 1.82) is 0 Å². The Labute approximate surface area is 111 Å². The molecule has 0 fully saturated rings. The number of halogens is 1. The van der Waals surface area contributed by atoms with E-state index in [9.17, 15) is 4.39 Å². The number of hydrogen-bond donors (Lipinski definition) is 1. The lowest BCUT2D eigenvalue weighted by atomic mass is 10.1. The molecule has 0 radical (unpaired) electrons. The predicted molar refractivity (Wildman–Crippen MR) is 74.8 cm³/mol. The average molecular weight is 264 g/mol. The van der Waals surface area contributed by atoms with Crippen LogP contribution in [-0.4, -0.2) is 4.98 Å². The fourth-order valence-electron chi connectivity index (χ4n) is 1.99. The number of thiazole rings is 1. The van der Waals surface area contributed by atoms with Gasteiger partial charge in [-0.05, 0) is 45.4 Å². The van der Waals surface area contributed by atoms with Crippen LogP contribution in [0.15, 0.2) is 18.2 Å².